The van der Waals surface area contributed by atoms with Crippen molar-refractivity contribution >= 4 is 9.84 Å². The van der Waals surface area contributed by atoms with Crippen LogP contribution in [0.3, 0.4) is 0 Å². The largest absolute Gasteiger partial charge is 0.395 e. The first-order chi connectivity index (χ1) is 8.89. The summed E-state index contributed by atoms with van der Waals surface area (Å²) < 4.78 is 36.0. The number of sulfone groups is 1. The minimum atomic E-state index is -3.19. The van der Waals surface area contributed by atoms with E-state index in [1.54, 1.807) is 6.92 Å². The summed E-state index contributed by atoms with van der Waals surface area (Å²) in [5.41, 5.74) is -0.527. The molecule has 0 aliphatic heterocycles. The van der Waals surface area contributed by atoms with Crippen LogP contribution in [-0.2, 0) is 15.3 Å². The maximum absolute atomic E-state index is 12.9. The molecule has 0 spiro atoms. The highest BCUT2D eigenvalue weighted by Gasteiger charge is 2.32. The van der Waals surface area contributed by atoms with E-state index >= 15 is 0 Å². The molecule has 6 heteroatoms. The first kappa shape index (κ1) is 16.1. The summed E-state index contributed by atoms with van der Waals surface area (Å²) in [7, 11) is -3.19. The molecule has 1 aromatic carbocycles. The Bertz CT molecular complexity index is 492. The molecule has 0 aromatic heterocycles. The van der Waals surface area contributed by atoms with Gasteiger partial charge < -0.3 is 10.2 Å². The standard InChI is InChI=1S/C13H19FO4S/c1-2-19(17,18)8-7-13(9-15,10-16)11-3-5-12(14)6-4-11/h3-6,15-16H,2,7-10H2,1H3. The van der Waals surface area contributed by atoms with Crippen molar-refractivity contribution in [2.75, 3.05) is 24.7 Å². The molecular weight excluding hydrogens is 271 g/mol. The third-order valence-corrected chi connectivity index (χ3v) is 5.10. The zero-order valence-electron chi connectivity index (χ0n) is 10.8. The molecule has 1 aromatic rings. The lowest BCUT2D eigenvalue weighted by atomic mass is 9.79. The van der Waals surface area contributed by atoms with Gasteiger partial charge in [0.1, 0.15) is 15.7 Å². The molecule has 0 fully saturated rings. The van der Waals surface area contributed by atoms with Crippen LogP contribution in [-0.4, -0.2) is 43.4 Å². The smallest absolute Gasteiger partial charge is 0.150 e. The maximum atomic E-state index is 12.9. The second-order valence-corrected chi connectivity index (χ2v) is 7.06. The highest BCUT2D eigenvalue weighted by molar-refractivity contribution is 7.91. The third-order valence-electron chi connectivity index (χ3n) is 3.39. The van der Waals surface area contributed by atoms with E-state index in [0.29, 0.717) is 5.56 Å². The Morgan fingerprint density at radius 3 is 2.11 bits per heavy atom. The van der Waals surface area contributed by atoms with Gasteiger partial charge in [0.2, 0.25) is 0 Å². The van der Waals surface area contributed by atoms with Crippen LogP contribution in [0.25, 0.3) is 0 Å². The van der Waals surface area contributed by atoms with Crippen molar-refractivity contribution < 1.29 is 23.0 Å². The highest BCUT2D eigenvalue weighted by Crippen LogP contribution is 2.28. The van der Waals surface area contributed by atoms with Gasteiger partial charge in [-0.25, -0.2) is 12.8 Å². The van der Waals surface area contributed by atoms with Gasteiger partial charge in [-0.3, -0.25) is 0 Å². The van der Waals surface area contributed by atoms with Crippen LogP contribution in [0.4, 0.5) is 4.39 Å². The third kappa shape index (κ3) is 3.99. The minimum Gasteiger partial charge on any atom is -0.395 e. The number of rotatable bonds is 7. The van der Waals surface area contributed by atoms with Crippen LogP contribution in [0, 0.1) is 5.82 Å². The van der Waals surface area contributed by atoms with Gasteiger partial charge in [-0.15, -0.1) is 0 Å². The number of aliphatic hydroxyl groups excluding tert-OH is 2. The van der Waals surface area contributed by atoms with Crippen molar-refractivity contribution in [3.63, 3.8) is 0 Å². The van der Waals surface area contributed by atoms with Crippen molar-refractivity contribution in [3.8, 4) is 0 Å². The first-order valence-electron chi connectivity index (χ1n) is 6.07. The second kappa shape index (κ2) is 6.45. The maximum Gasteiger partial charge on any atom is 0.150 e. The van der Waals surface area contributed by atoms with E-state index in [1.165, 1.54) is 24.3 Å². The summed E-state index contributed by atoms with van der Waals surface area (Å²) in [6.45, 7) is 0.759. The Labute approximate surface area is 112 Å². The second-order valence-electron chi connectivity index (χ2n) is 4.59. The van der Waals surface area contributed by atoms with E-state index in [9.17, 15) is 23.0 Å². The lowest BCUT2D eigenvalue weighted by molar-refractivity contribution is 0.113. The van der Waals surface area contributed by atoms with Gasteiger partial charge in [-0.1, -0.05) is 19.1 Å². The molecule has 108 valence electrons. The normalized spacial score (nSPS) is 12.6. The van der Waals surface area contributed by atoms with Gasteiger partial charge >= 0.3 is 0 Å². The Kier molecular flexibility index (Phi) is 5.46. The molecule has 0 heterocycles. The summed E-state index contributed by atoms with van der Waals surface area (Å²) >= 11 is 0. The van der Waals surface area contributed by atoms with Crippen molar-refractivity contribution in [1.29, 1.82) is 0 Å². The lowest BCUT2D eigenvalue weighted by Crippen LogP contribution is -2.37. The molecule has 0 bridgehead atoms. The SMILES string of the molecule is CCS(=O)(=O)CCC(CO)(CO)c1ccc(F)cc1. The molecule has 0 unspecified atom stereocenters. The summed E-state index contributed by atoms with van der Waals surface area (Å²) in [6.07, 6.45) is 0.0990. The summed E-state index contributed by atoms with van der Waals surface area (Å²) in [4.78, 5) is 0. The monoisotopic (exact) mass is 290 g/mol. The van der Waals surface area contributed by atoms with E-state index in [0.717, 1.165) is 0 Å². The van der Waals surface area contributed by atoms with Crippen LogP contribution >= 0.6 is 0 Å². The van der Waals surface area contributed by atoms with Gasteiger partial charge in [-0.2, -0.15) is 0 Å². The fourth-order valence-electron chi connectivity index (χ4n) is 1.83. The number of hydrogen-bond donors (Lipinski definition) is 2. The molecule has 0 saturated carbocycles. The molecule has 1 rings (SSSR count). The van der Waals surface area contributed by atoms with Crippen molar-refractivity contribution in [3.05, 3.63) is 35.6 Å². The average molecular weight is 290 g/mol. The van der Waals surface area contributed by atoms with Gasteiger partial charge in [0, 0.05) is 11.2 Å². The number of hydrogen-bond acceptors (Lipinski definition) is 4. The number of aliphatic hydroxyl groups is 2. The minimum absolute atomic E-state index is 0.0172. The highest BCUT2D eigenvalue weighted by atomic mass is 32.2. The van der Waals surface area contributed by atoms with Gasteiger partial charge in [0.05, 0.1) is 19.0 Å². The Hall–Kier alpha value is -0.980. The average Bonchev–Trinajstić information content (AvgIpc) is 2.42. The summed E-state index contributed by atoms with van der Waals surface area (Å²) in [5.74, 6) is -0.527. The molecule has 2 N–H and O–H groups in total. The summed E-state index contributed by atoms with van der Waals surface area (Å²) in [6, 6.07) is 5.37. The van der Waals surface area contributed by atoms with Crippen LogP contribution in [0.2, 0.25) is 0 Å². The molecule has 0 radical (unpaired) electrons. The van der Waals surface area contributed by atoms with E-state index < -0.39 is 34.3 Å². The van der Waals surface area contributed by atoms with Crippen molar-refractivity contribution in [1.82, 2.24) is 0 Å². The molecule has 19 heavy (non-hydrogen) atoms. The zero-order chi connectivity index (χ0) is 14.5. The molecular formula is C13H19FO4S. The Morgan fingerprint density at radius 1 is 1.16 bits per heavy atom. The molecule has 4 nitrogen and oxygen atoms in total. The fraction of sp³-hybridized carbons (Fsp3) is 0.538. The fourth-order valence-corrected chi connectivity index (χ4v) is 2.82. The van der Waals surface area contributed by atoms with E-state index in [-0.39, 0.29) is 17.9 Å². The zero-order valence-corrected chi connectivity index (χ0v) is 11.7. The molecule has 0 atom stereocenters. The summed E-state index contributed by atoms with van der Waals surface area (Å²) in [5, 5.41) is 19.0. The topological polar surface area (TPSA) is 74.6 Å². The predicted molar refractivity (Wildman–Crippen MR) is 71.2 cm³/mol. The van der Waals surface area contributed by atoms with Crippen LogP contribution in [0.1, 0.15) is 18.9 Å². The van der Waals surface area contributed by atoms with Crippen LogP contribution in [0.15, 0.2) is 24.3 Å². The van der Waals surface area contributed by atoms with Gasteiger partial charge in [0.25, 0.3) is 0 Å². The van der Waals surface area contributed by atoms with Crippen molar-refractivity contribution in [2.24, 2.45) is 0 Å². The lowest BCUT2D eigenvalue weighted by Gasteiger charge is -2.30. The molecule has 0 saturated heterocycles. The van der Waals surface area contributed by atoms with Gasteiger partial charge in [0.15, 0.2) is 0 Å². The first-order valence-corrected chi connectivity index (χ1v) is 7.89. The Balaban J connectivity index is 3.00. The van der Waals surface area contributed by atoms with Crippen LogP contribution < -0.4 is 0 Å². The molecule has 0 aliphatic rings. The van der Waals surface area contributed by atoms with Crippen molar-refractivity contribution in [2.45, 2.75) is 18.8 Å². The number of halogens is 1. The molecule has 0 amide bonds. The number of benzene rings is 1. The quantitative estimate of drug-likeness (QED) is 0.781. The predicted octanol–water partition coefficient (Wildman–Crippen LogP) is 0.873. The molecule has 0 aliphatic carbocycles. The van der Waals surface area contributed by atoms with E-state index in [4.69, 9.17) is 0 Å². The van der Waals surface area contributed by atoms with E-state index in [2.05, 4.69) is 0 Å². The van der Waals surface area contributed by atoms with Crippen LogP contribution in [0.5, 0.6) is 0 Å². The Morgan fingerprint density at radius 2 is 1.68 bits per heavy atom. The van der Waals surface area contributed by atoms with E-state index in [1.807, 2.05) is 0 Å². The van der Waals surface area contributed by atoms with Gasteiger partial charge in [-0.05, 0) is 24.1 Å².